The quantitative estimate of drug-likeness (QED) is 0.535. The fraction of sp³-hybridized carbons (Fsp3) is 0.391. The summed E-state index contributed by atoms with van der Waals surface area (Å²) in [5, 5.41) is 0.662. The Hall–Kier alpha value is -1.87. The molecule has 1 nitrogen and oxygen atoms in total. The highest BCUT2D eigenvalue weighted by atomic mass is 35.5. The van der Waals surface area contributed by atoms with Gasteiger partial charge < -0.3 is 4.74 Å². The van der Waals surface area contributed by atoms with Crippen LogP contribution in [0.15, 0.2) is 48.6 Å². The number of allylic oxidation sites excluding steroid dienone is 1. The van der Waals surface area contributed by atoms with Gasteiger partial charge in [-0.15, -0.1) is 0 Å². The molecular formula is C23H23ClF2O. The van der Waals surface area contributed by atoms with Gasteiger partial charge in [0.25, 0.3) is 0 Å². The van der Waals surface area contributed by atoms with Gasteiger partial charge in [0.05, 0.1) is 6.61 Å². The minimum atomic E-state index is -0.543. The number of fused-ring (bicyclic) bond motifs is 3. The Morgan fingerprint density at radius 1 is 1.11 bits per heavy atom. The van der Waals surface area contributed by atoms with Crippen LogP contribution in [0.1, 0.15) is 37.8 Å². The molecule has 0 aromatic heterocycles. The monoisotopic (exact) mass is 388 g/mol. The lowest BCUT2D eigenvalue weighted by atomic mass is 9.50. The first-order valence-corrected chi connectivity index (χ1v) is 9.67. The van der Waals surface area contributed by atoms with E-state index in [2.05, 4.69) is 20.4 Å². The predicted molar refractivity (Wildman–Crippen MR) is 104 cm³/mol. The van der Waals surface area contributed by atoms with Crippen LogP contribution in [0, 0.1) is 23.0 Å². The van der Waals surface area contributed by atoms with Crippen LogP contribution in [0.2, 0.25) is 5.02 Å². The van der Waals surface area contributed by atoms with E-state index in [1.54, 1.807) is 0 Å². The Morgan fingerprint density at radius 2 is 1.78 bits per heavy atom. The summed E-state index contributed by atoms with van der Waals surface area (Å²) < 4.78 is 35.4. The molecule has 2 aliphatic rings. The predicted octanol–water partition coefficient (Wildman–Crippen LogP) is 6.48. The number of ether oxygens (including phenoxy) is 1. The highest BCUT2D eigenvalue weighted by molar-refractivity contribution is 6.30. The second kappa shape index (κ2) is 6.34. The van der Waals surface area contributed by atoms with Crippen molar-refractivity contribution in [2.45, 2.75) is 38.5 Å². The lowest BCUT2D eigenvalue weighted by molar-refractivity contribution is 0.0189. The zero-order valence-corrected chi connectivity index (χ0v) is 16.4. The molecule has 4 heteroatoms. The minimum Gasteiger partial charge on any atom is -0.490 e. The third-order valence-electron chi connectivity index (χ3n) is 6.71. The third kappa shape index (κ3) is 2.79. The zero-order chi connectivity index (χ0) is 19.4. The summed E-state index contributed by atoms with van der Waals surface area (Å²) in [6.07, 6.45) is 2.12. The Kier molecular flexibility index (Phi) is 4.34. The van der Waals surface area contributed by atoms with Crippen LogP contribution in [0.3, 0.4) is 0 Å². The summed E-state index contributed by atoms with van der Waals surface area (Å²) in [5.74, 6) is -0.815. The molecule has 1 heterocycles. The standard InChI is InChI=1S/C23H23ClF2O/c1-14-10-11-23(12-15-4-6-16(24)7-5-15)19(22(14,2)3)13-27-21-18(26)9-8-17(25)20(21)23/h4-9,19H,1,10-13H2,2-3H3/t19-,23-/m0/s1. The highest BCUT2D eigenvalue weighted by Crippen LogP contribution is 2.60. The molecule has 1 saturated carbocycles. The van der Waals surface area contributed by atoms with Crippen LogP contribution >= 0.6 is 11.6 Å². The van der Waals surface area contributed by atoms with Crippen molar-refractivity contribution in [2.75, 3.05) is 6.61 Å². The normalized spacial score (nSPS) is 26.1. The number of halogens is 3. The topological polar surface area (TPSA) is 9.23 Å². The molecule has 0 unspecified atom stereocenters. The van der Waals surface area contributed by atoms with Crippen molar-refractivity contribution >= 4 is 11.6 Å². The Balaban J connectivity index is 1.93. The SMILES string of the molecule is C=C1CC[C@@]2(Cc3ccc(Cl)cc3)c3c(F)ccc(F)c3OC[C@H]2C1(C)C. The number of benzene rings is 2. The second-order valence-electron chi connectivity index (χ2n) is 8.38. The maximum Gasteiger partial charge on any atom is 0.165 e. The fourth-order valence-electron chi connectivity index (χ4n) is 5.05. The molecular weight excluding hydrogens is 366 g/mol. The molecule has 2 aromatic carbocycles. The van der Waals surface area contributed by atoms with Gasteiger partial charge in [0.2, 0.25) is 0 Å². The maximum absolute atomic E-state index is 15.1. The van der Waals surface area contributed by atoms with E-state index < -0.39 is 17.0 Å². The molecule has 4 rings (SSSR count). The Bertz CT molecular complexity index is 903. The van der Waals surface area contributed by atoms with Crippen molar-refractivity contribution in [2.24, 2.45) is 11.3 Å². The molecule has 0 radical (unpaired) electrons. The molecule has 1 aliphatic heterocycles. The lowest BCUT2D eigenvalue weighted by Gasteiger charge is -2.56. The van der Waals surface area contributed by atoms with E-state index in [-0.39, 0.29) is 17.1 Å². The molecule has 1 aliphatic carbocycles. The summed E-state index contributed by atoms with van der Waals surface area (Å²) in [7, 11) is 0. The first-order chi connectivity index (χ1) is 12.8. The molecule has 2 atom stereocenters. The first kappa shape index (κ1) is 18.5. The summed E-state index contributed by atoms with van der Waals surface area (Å²) in [6, 6.07) is 10.0. The highest BCUT2D eigenvalue weighted by Gasteiger charge is 2.56. The van der Waals surface area contributed by atoms with Gasteiger partial charge in [0, 0.05) is 21.9 Å². The minimum absolute atomic E-state index is 0.00530. The summed E-state index contributed by atoms with van der Waals surface area (Å²) in [5.41, 5.74) is 1.81. The van der Waals surface area contributed by atoms with Gasteiger partial charge in [-0.2, -0.15) is 0 Å². The van der Waals surface area contributed by atoms with Gasteiger partial charge in [0.15, 0.2) is 11.6 Å². The van der Waals surface area contributed by atoms with Crippen molar-refractivity contribution in [1.82, 2.24) is 0 Å². The Labute approximate surface area is 164 Å². The number of hydrogen-bond donors (Lipinski definition) is 0. The van der Waals surface area contributed by atoms with E-state index >= 15 is 4.39 Å². The van der Waals surface area contributed by atoms with Gasteiger partial charge in [-0.3, -0.25) is 0 Å². The molecule has 27 heavy (non-hydrogen) atoms. The van der Waals surface area contributed by atoms with Crippen LogP contribution in [0.4, 0.5) is 8.78 Å². The molecule has 0 N–H and O–H groups in total. The van der Waals surface area contributed by atoms with Crippen molar-refractivity contribution in [1.29, 1.82) is 0 Å². The van der Waals surface area contributed by atoms with Crippen LogP contribution < -0.4 is 4.74 Å². The van der Waals surface area contributed by atoms with Gasteiger partial charge in [-0.1, -0.05) is 49.7 Å². The molecule has 0 saturated heterocycles. The Morgan fingerprint density at radius 3 is 2.48 bits per heavy atom. The van der Waals surface area contributed by atoms with E-state index in [0.717, 1.165) is 30.0 Å². The molecule has 0 spiro atoms. The van der Waals surface area contributed by atoms with E-state index in [0.29, 0.717) is 23.6 Å². The largest absolute Gasteiger partial charge is 0.490 e. The van der Waals surface area contributed by atoms with Crippen molar-refractivity contribution in [3.63, 3.8) is 0 Å². The van der Waals surface area contributed by atoms with E-state index in [9.17, 15) is 4.39 Å². The second-order valence-corrected chi connectivity index (χ2v) is 8.82. The molecule has 1 fully saturated rings. The van der Waals surface area contributed by atoms with Crippen LogP contribution in [0.25, 0.3) is 0 Å². The summed E-state index contributed by atoms with van der Waals surface area (Å²) in [4.78, 5) is 0. The van der Waals surface area contributed by atoms with Gasteiger partial charge in [0.1, 0.15) is 5.82 Å². The molecule has 2 aromatic rings. The molecule has 0 amide bonds. The maximum atomic E-state index is 15.1. The smallest absolute Gasteiger partial charge is 0.165 e. The fourth-order valence-corrected chi connectivity index (χ4v) is 5.17. The number of hydrogen-bond acceptors (Lipinski definition) is 1. The van der Waals surface area contributed by atoms with Gasteiger partial charge in [-0.25, -0.2) is 8.78 Å². The van der Waals surface area contributed by atoms with Crippen molar-refractivity contribution < 1.29 is 13.5 Å². The zero-order valence-electron chi connectivity index (χ0n) is 15.6. The van der Waals surface area contributed by atoms with E-state index in [1.807, 2.05) is 24.3 Å². The number of rotatable bonds is 2. The first-order valence-electron chi connectivity index (χ1n) is 9.30. The van der Waals surface area contributed by atoms with Gasteiger partial charge in [-0.05, 0) is 54.5 Å². The average Bonchev–Trinajstić information content (AvgIpc) is 2.63. The lowest BCUT2D eigenvalue weighted by Crippen LogP contribution is -2.54. The van der Waals surface area contributed by atoms with Crippen molar-refractivity contribution in [3.8, 4) is 5.75 Å². The third-order valence-corrected chi connectivity index (χ3v) is 6.96. The van der Waals surface area contributed by atoms with Crippen LogP contribution in [-0.4, -0.2) is 6.61 Å². The van der Waals surface area contributed by atoms with E-state index in [1.165, 1.54) is 6.07 Å². The summed E-state index contributed by atoms with van der Waals surface area (Å²) in [6.45, 7) is 8.90. The van der Waals surface area contributed by atoms with Gasteiger partial charge >= 0.3 is 0 Å². The average molecular weight is 389 g/mol. The van der Waals surface area contributed by atoms with Crippen LogP contribution in [0.5, 0.6) is 5.75 Å². The van der Waals surface area contributed by atoms with Crippen LogP contribution in [-0.2, 0) is 11.8 Å². The van der Waals surface area contributed by atoms with Crippen molar-refractivity contribution in [3.05, 3.63) is 76.3 Å². The van der Waals surface area contributed by atoms with E-state index in [4.69, 9.17) is 16.3 Å². The molecule has 0 bridgehead atoms. The summed E-state index contributed by atoms with van der Waals surface area (Å²) >= 11 is 6.04. The molecule has 142 valence electrons.